The number of hydrogen-bond donors (Lipinski definition) is 1. The Hall–Kier alpha value is -3.10. The smallest absolute Gasteiger partial charge is 0.325 e. The van der Waals surface area contributed by atoms with Crippen LogP contribution in [0.15, 0.2) is 35.3 Å². The predicted molar refractivity (Wildman–Crippen MR) is 112 cm³/mol. The van der Waals surface area contributed by atoms with Gasteiger partial charge in [-0.1, -0.05) is 37.3 Å². The second-order valence-electron chi connectivity index (χ2n) is 7.84. The molecule has 1 aromatic carbocycles. The van der Waals surface area contributed by atoms with Gasteiger partial charge in [-0.3, -0.25) is 14.9 Å². The minimum atomic E-state index is -0.540. The molecule has 1 N–H and O–H groups in total. The Kier molecular flexibility index (Phi) is 5.61. The molecule has 1 aromatic rings. The lowest BCUT2D eigenvalue weighted by atomic mass is 10.1. The first-order valence-corrected chi connectivity index (χ1v) is 10.5. The number of rotatable bonds is 4. The number of likely N-dealkylation sites (N-methyl/N-ethyl adjacent to an activating group) is 1. The van der Waals surface area contributed by atoms with Gasteiger partial charge in [0, 0.05) is 46.2 Å². The van der Waals surface area contributed by atoms with Crippen molar-refractivity contribution < 1.29 is 14.4 Å². The van der Waals surface area contributed by atoms with Crippen LogP contribution in [-0.2, 0) is 16.0 Å². The summed E-state index contributed by atoms with van der Waals surface area (Å²) in [6.45, 7) is 5.07. The summed E-state index contributed by atoms with van der Waals surface area (Å²) in [6, 6.07) is 9.15. The van der Waals surface area contributed by atoms with E-state index in [1.165, 1.54) is 10.5 Å². The minimum absolute atomic E-state index is 0.155. The van der Waals surface area contributed by atoms with Gasteiger partial charge in [0.05, 0.1) is 0 Å². The summed E-state index contributed by atoms with van der Waals surface area (Å²) in [6.07, 6.45) is 0.733. The first-order valence-electron chi connectivity index (χ1n) is 10.5. The fourth-order valence-corrected chi connectivity index (χ4v) is 4.29. The van der Waals surface area contributed by atoms with Gasteiger partial charge in [0.25, 0.3) is 5.91 Å². The first-order chi connectivity index (χ1) is 14.5. The fraction of sp³-hybridized carbons (Fsp3) is 0.524. The van der Waals surface area contributed by atoms with Gasteiger partial charge in [-0.15, -0.1) is 0 Å². The van der Waals surface area contributed by atoms with E-state index in [4.69, 9.17) is 4.99 Å². The highest BCUT2D eigenvalue weighted by Crippen LogP contribution is 2.26. The molecule has 2 saturated heterocycles. The molecule has 0 aliphatic carbocycles. The maximum atomic E-state index is 12.7. The van der Waals surface area contributed by atoms with Gasteiger partial charge in [0.2, 0.25) is 5.91 Å². The molecule has 0 radical (unpaired) electrons. The normalized spacial score (nSPS) is 24.0. The number of carbonyl (C=O) groups is 3. The second kappa shape index (κ2) is 8.33. The summed E-state index contributed by atoms with van der Waals surface area (Å²) in [5.74, 6) is 0.582. The van der Waals surface area contributed by atoms with Crippen LogP contribution in [0.2, 0.25) is 0 Å². The number of nitrogens with one attached hydrogen (secondary N) is 1. The van der Waals surface area contributed by atoms with Crippen LogP contribution in [0, 0.1) is 0 Å². The quantitative estimate of drug-likeness (QED) is 0.770. The van der Waals surface area contributed by atoms with Crippen LogP contribution >= 0.6 is 0 Å². The van der Waals surface area contributed by atoms with Crippen molar-refractivity contribution >= 4 is 23.8 Å². The maximum absolute atomic E-state index is 12.7. The van der Waals surface area contributed by atoms with Crippen LogP contribution in [-0.4, -0.2) is 95.4 Å². The molecular formula is C21H28N6O3. The van der Waals surface area contributed by atoms with E-state index < -0.39 is 18.2 Å². The van der Waals surface area contributed by atoms with Crippen molar-refractivity contribution in [3.05, 3.63) is 35.9 Å². The lowest BCUT2D eigenvalue weighted by Crippen LogP contribution is -2.64. The topological polar surface area (TPSA) is 88.6 Å². The van der Waals surface area contributed by atoms with E-state index in [0.717, 1.165) is 12.4 Å². The number of guanidine groups is 1. The summed E-state index contributed by atoms with van der Waals surface area (Å²) in [7, 11) is 1.67. The molecule has 2 fully saturated rings. The van der Waals surface area contributed by atoms with E-state index >= 15 is 0 Å². The average Bonchev–Trinajstić information content (AvgIpc) is 3.16. The number of carbonyl (C=O) groups excluding carboxylic acids is 3. The number of piperazine rings is 1. The minimum Gasteiger partial charge on any atom is -0.339 e. The molecule has 9 nitrogen and oxygen atoms in total. The number of benzene rings is 1. The summed E-state index contributed by atoms with van der Waals surface area (Å²) in [4.78, 5) is 49.2. The number of fused-ring (bicyclic) bond motifs is 1. The summed E-state index contributed by atoms with van der Waals surface area (Å²) >= 11 is 0. The van der Waals surface area contributed by atoms with E-state index in [2.05, 4.69) is 22.3 Å². The zero-order chi connectivity index (χ0) is 21.3. The Morgan fingerprint density at radius 1 is 1.13 bits per heavy atom. The van der Waals surface area contributed by atoms with E-state index in [9.17, 15) is 14.4 Å². The van der Waals surface area contributed by atoms with Gasteiger partial charge in [-0.2, -0.15) is 0 Å². The molecule has 3 aliphatic rings. The van der Waals surface area contributed by atoms with Crippen molar-refractivity contribution in [2.75, 3.05) is 39.8 Å². The zero-order valence-electron chi connectivity index (χ0n) is 17.5. The highest BCUT2D eigenvalue weighted by atomic mass is 16.2. The first kappa shape index (κ1) is 20.2. The van der Waals surface area contributed by atoms with E-state index in [1.54, 1.807) is 7.05 Å². The monoisotopic (exact) mass is 412 g/mol. The Balaban J connectivity index is 1.55. The SMILES string of the molecule is CCC(=O)N1CCN(C2=NC3C(C(=O)NC(=O)N3C)N2CCc2ccccc2)CC1. The van der Waals surface area contributed by atoms with E-state index in [1.807, 2.05) is 34.9 Å². The van der Waals surface area contributed by atoms with Gasteiger partial charge in [-0.25, -0.2) is 9.79 Å². The second-order valence-corrected chi connectivity index (χ2v) is 7.84. The highest BCUT2D eigenvalue weighted by molar-refractivity contribution is 6.03. The van der Waals surface area contributed by atoms with Gasteiger partial charge < -0.3 is 19.6 Å². The Morgan fingerprint density at radius 2 is 1.83 bits per heavy atom. The van der Waals surface area contributed by atoms with Crippen LogP contribution in [0.3, 0.4) is 0 Å². The molecule has 0 saturated carbocycles. The lowest BCUT2D eigenvalue weighted by molar-refractivity contribution is -0.132. The lowest BCUT2D eigenvalue weighted by Gasteiger charge is -2.40. The molecule has 4 amide bonds. The average molecular weight is 412 g/mol. The molecule has 0 spiro atoms. The molecule has 3 heterocycles. The Morgan fingerprint density at radius 3 is 2.50 bits per heavy atom. The van der Waals surface area contributed by atoms with Crippen LogP contribution in [0.5, 0.6) is 0 Å². The van der Waals surface area contributed by atoms with Crippen molar-refractivity contribution in [1.82, 2.24) is 24.9 Å². The standard InChI is InChI=1S/C21H28N6O3/c1-3-16(28)25-11-13-26(14-12-25)20-22-18-17(19(29)23-21(30)24(18)2)27(20)10-9-15-7-5-4-6-8-15/h4-8,17-18H,3,9-14H2,1-2H3,(H,23,29,30). The molecular weight excluding hydrogens is 384 g/mol. The van der Waals surface area contributed by atoms with Crippen molar-refractivity contribution in [2.24, 2.45) is 4.99 Å². The Labute approximate surface area is 176 Å². The summed E-state index contributed by atoms with van der Waals surface area (Å²) in [5, 5.41) is 2.44. The number of amides is 4. The molecule has 3 aliphatic heterocycles. The molecule has 4 rings (SSSR count). The third-order valence-corrected chi connectivity index (χ3v) is 6.04. The van der Waals surface area contributed by atoms with Gasteiger partial charge in [0.1, 0.15) is 0 Å². The van der Waals surface area contributed by atoms with Crippen molar-refractivity contribution in [1.29, 1.82) is 0 Å². The van der Waals surface area contributed by atoms with Crippen LogP contribution in [0.1, 0.15) is 18.9 Å². The van der Waals surface area contributed by atoms with Crippen LogP contribution < -0.4 is 5.32 Å². The van der Waals surface area contributed by atoms with Crippen molar-refractivity contribution in [3.8, 4) is 0 Å². The van der Waals surface area contributed by atoms with Crippen LogP contribution in [0.4, 0.5) is 4.79 Å². The van der Waals surface area contributed by atoms with Gasteiger partial charge in [-0.05, 0) is 12.0 Å². The molecule has 9 heteroatoms. The molecule has 30 heavy (non-hydrogen) atoms. The largest absolute Gasteiger partial charge is 0.339 e. The van der Waals surface area contributed by atoms with Crippen molar-refractivity contribution in [3.63, 3.8) is 0 Å². The molecule has 2 atom stereocenters. The predicted octanol–water partition coefficient (Wildman–Crippen LogP) is 0.331. The van der Waals surface area contributed by atoms with Crippen molar-refractivity contribution in [2.45, 2.75) is 32.0 Å². The van der Waals surface area contributed by atoms with Gasteiger partial charge >= 0.3 is 6.03 Å². The third kappa shape index (κ3) is 3.71. The molecule has 0 aromatic heterocycles. The maximum Gasteiger partial charge on any atom is 0.325 e. The molecule has 2 unspecified atom stereocenters. The third-order valence-electron chi connectivity index (χ3n) is 6.04. The molecule has 160 valence electrons. The van der Waals surface area contributed by atoms with Crippen LogP contribution in [0.25, 0.3) is 0 Å². The Bertz CT molecular complexity index is 850. The number of urea groups is 1. The number of imide groups is 1. The van der Waals surface area contributed by atoms with Gasteiger partial charge in [0.15, 0.2) is 18.2 Å². The summed E-state index contributed by atoms with van der Waals surface area (Å²) in [5.41, 5.74) is 1.18. The fourth-order valence-electron chi connectivity index (χ4n) is 4.29. The zero-order valence-corrected chi connectivity index (χ0v) is 17.5. The summed E-state index contributed by atoms with van der Waals surface area (Å²) < 4.78 is 0. The number of aliphatic imine (C=N–C) groups is 1. The van der Waals surface area contributed by atoms with E-state index in [0.29, 0.717) is 39.1 Å². The number of nitrogens with zero attached hydrogens (tertiary/aromatic N) is 5. The number of hydrogen-bond acceptors (Lipinski definition) is 6. The highest BCUT2D eigenvalue weighted by Gasteiger charge is 2.49. The van der Waals surface area contributed by atoms with E-state index in [-0.39, 0.29) is 11.8 Å². The molecule has 0 bridgehead atoms.